The van der Waals surface area contributed by atoms with E-state index in [9.17, 15) is 8.42 Å². The van der Waals surface area contributed by atoms with E-state index in [2.05, 4.69) is 0 Å². The first-order chi connectivity index (χ1) is 7.52. The van der Waals surface area contributed by atoms with Crippen LogP contribution in [0.15, 0.2) is 0 Å². The highest BCUT2D eigenvalue weighted by molar-refractivity contribution is 7.89. The zero-order valence-corrected chi connectivity index (χ0v) is 11.2. The zero-order valence-electron chi connectivity index (χ0n) is 10.4. The molecule has 0 radical (unpaired) electrons. The van der Waals surface area contributed by atoms with Crippen LogP contribution < -0.4 is 5.73 Å². The first kappa shape index (κ1) is 13.9. The number of nitrogens with two attached hydrogens (primary N) is 1. The van der Waals surface area contributed by atoms with Gasteiger partial charge < -0.3 is 5.73 Å². The van der Waals surface area contributed by atoms with Crippen molar-refractivity contribution in [1.29, 1.82) is 0 Å². The van der Waals surface area contributed by atoms with Crippen molar-refractivity contribution >= 4 is 10.0 Å². The molecule has 96 valence electrons. The van der Waals surface area contributed by atoms with Crippen molar-refractivity contribution < 1.29 is 8.42 Å². The monoisotopic (exact) mass is 248 g/mol. The van der Waals surface area contributed by atoms with E-state index in [1.54, 1.807) is 7.05 Å². The Morgan fingerprint density at radius 3 is 2.38 bits per heavy atom. The molecule has 1 unspecified atom stereocenters. The second-order valence-corrected chi connectivity index (χ2v) is 7.06. The average Bonchev–Trinajstić information content (AvgIpc) is 2.71. The van der Waals surface area contributed by atoms with Crippen molar-refractivity contribution in [1.82, 2.24) is 4.31 Å². The number of hydrogen-bond acceptors (Lipinski definition) is 3. The molecule has 0 aromatic rings. The largest absolute Gasteiger partial charge is 0.329 e. The lowest BCUT2D eigenvalue weighted by atomic mass is 10.1. The van der Waals surface area contributed by atoms with Crippen LogP contribution >= 0.6 is 0 Å². The molecule has 4 nitrogen and oxygen atoms in total. The maximum atomic E-state index is 12.1. The maximum Gasteiger partial charge on any atom is 0.217 e. The minimum absolute atomic E-state index is 0.216. The first-order valence-electron chi connectivity index (χ1n) is 6.17. The van der Waals surface area contributed by atoms with Crippen LogP contribution in [0.2, 0.25) is 0 Å². The number of hydrogen-bond donors (Lipinski definition) is 1. The summed E-state index contributed by atoms with van der Waals surface area (Å²) in [5.41, 5.74) is 5.51. The van der Waals surface area contributed by atoms with Crippen molar-refractivity contribution in [2.75, 3.05) is 20.1 Å². The smallest absolute Gasteiger partial charge is 0.217 e. The summed E-state index contributed by atoms with van der Waals surface area (Å²) >= 11 is 0. The third kappa shape index (κ3) is 3.18. The summed E-state index contributed by atoms with van der Waals surface area (Å²) in [6.07, 6.45) is 5.41. The molecule has 1 atom stereocenters. The molecular formula is C11H24N2O2S. The van der Waals surface area contributed by atoms with Gasteiger partial charge in [0.05, 0.1) is 5.25 Å². The van der Waals surface area contributed by atoms with Gasteiger partial charge in [-0.3, -0.25) is 0 Å². The highest BCUT2D eigenvalue weighted by atomic mass is 32.2. The maximum absolute atomic E-state index is 12.1. The zero-order chi connectivity index (χ0) is 12.2. The molecule has 2 N–H and O–H groups in total. The minimum atomic E-state index is -3.18. The van der Waals surface area contributed by atoms with Gasteiger partial charge in [-0.15, -0.1) is 0 Å². The van der Waals surface area contributed by atoms with Crippen LogP contribution in [0.1, 0.15) is 39.0 Å². The Labute approximate surface area is 99.2 Å². The number of rotatable bonds is 6. The Hall–Kier alpha value is -0.130. The number of sulfonamides is 1. The van der Waals surface area contributed by atoms with E-state index < -0.39 is 15.3 Å². The van der Waals surface area contributed by atoms with E-state index >= 15 is 0 Å². The Bertz CT molecular complexity index is 293. The molecule has 0 spiro atoms. The van der Waals surface area contributed by atoms with E-state index in [1.807, 2.05) is 6.92 Å². The molecule has 0 aromatic carbocycles. The molecule has 0 amide bonds. The standard InChI is InChI=1S/C11H24N2O2S/c1-3-11(8-12)16(14,15)13(2)9-10-6-4-5-7-10/h10-11H,3-9,12H2,1-2H3. The Balaban J connectivity index is 2.59. The van der Waals surface area contributed by atoms with Crippen molar-refractivity contribution in [2.24, 2.45) is 11.7 Å². The average molecular weight is 248 g/mol. The normalized spacial score (nSPS) is 20.5. The van der Waals surface area contributed by atoms with E-state index in [0.29, 0.717) is 18.9 Å². The quantitative estimate of drug-likeness (QED) is 0.767. The van der Waals surface area contributed by atoms with Crippen LogP contribution in [0.5, 0.6) is 0 Å². The molecule has 16 heavy (non-hydrogen) atoms. The van der Waals surface area contributed by atoms with E-state index in [-0.39, 0.29) is 6.54 Å². The Morgan fingerprint density at radius 1 is 1.38 bits per heavy atom. The predicted molar refractivity (Wildman–Crippen MR) is 66.6 cm³/mol. The SMILES string of the molecule is CCC(CN)S(=O)(=O)N(C)CC1CCCC1. The van der Waals surface area contributed by atoms with Gasteiger partial charge >= 0.3 is 0 Å². The van der Waals surface area contributed by atoms with Crippen LogP contribution in [0.3, 0.4) is 0 Å². The molecule has 1 fully saturated rings. The second kappa shape index (κ2) is 5.98. The molecule has 0 heterocycles. The van der Waals surface area contributed by atoms with Gasteiger partial charge in [0.1, 0.15) is 0 Å². The molecule has 0 saturated heterocycles. The van der Waals surface area contributed by atoms with Crippen LogP contribution in [0.25, 0.3) is 0 Å². The third-order valence-corrected chi connectivity index (χ3v) is 5.95. The summed E-state index contributed by atoms with van der Waals surface area (Å²) in [6.45, 7) is 2.76. The predicted octanol–water partition coefficient (Wildman–Crippen LogP) is 1.18. The second-order valence-electron chi connectivity index (χ2n) is 4.74. The van der Waals surface area contributed by atoms with Gasteiger partial charge in [-0.05, 0) is 25.2 Å². The lowest BCUT2D eigenvalue weighted by Gasteiger charge is -2.25. The fourth-order valence-corrected chi connectivity index (χ4v) is 4.01. The molecule has 1 aliphatic carbocycles. The summed E-state index contributed by atoms with van der Waals surface area (Å²) in [5, 5.41) is -0.418. The molecular weight excluding hydrogens is 224 g/mol. The van der Waals surface area contributed by atoms with Gasteiger partial charge in [-0.25, -0.2) is 12.7 Å². The highest BCUT2D eigenvalue weighted by Crippen LogP contribution is 2.26. The van der Waals surface area contributed by atoms with Crippen LogP contribution in [-0.2, 0) is 10.0 Å². The molecule has 1 aliphatic rings. The molecule has 1 saturated carbocycles. The van der Waals surface area contributed by atoms with Gasteiger partial charge in [0.15, 0.2) is 0 Å². The van der Waals surface area contributed by atoms with E-state index in [1.165, 1.54) is 30.0 Å². The van der Waals surface area contributed by atoms with Gasteiger partial charge in [-0.2, -0.15) is 0 Å². The summed E-state index contributed by atoms with van der Waals surface area (Å²) in [6, 6.07) is 0. The van der Waals surface area contributed by atoms with E-state index in [4.69, 9.17) is 5.73 Å². The Morgan fingerprint density at radius 2 is 1.94 bits per heavy atom. The molecule has 0 aliphatic heterocycles. The van der Waals surface area contributed by atoms with Crippen molar-refractivity contribution in [2.45, 2.75) is 44.3 Å². The lowest BCUT2D eigenvalue weighted by Crippen LogP contribution is -2.41. The van der Waals surface area contributed by atoms with Gasteiger partial charge in [-0.1, -0.05) is 19.8 Å². The van der Waals surface area contributed by atoms with Gasteiger partial charge in [0.25, 0.3) is 0 Å². The lowest BCUT2D eigenvalue weighted by molar-refractivity contribution is 0.381. The van der Waals surface area contributed by atoms with Crippen LogP contribution in [0.4, 0.5) is 0 Å². The summed E-state index contributed by atoms with van der Waals surface area (Å²) in [4.78, 5) is 0. The van der Waals surface area contributed by atoms with Gasteiger partial charge in [0, 0.05) is 20.1 Å². The fraction of sp³-hybridized carbons (Fsp3) is 1.00. The molecule has 0 bridgehead atoms. The fourth-order valence-electron chi connectivity index (χ4n) is 2.41. The number of nitrogens with zero attached hydrogens (tertiary/aromatic N) is 1. The molecule has 1 rings (SSSR count). The van der Waals surface area contributed by atoms with Gasteiger partial charge in [0.2, 0.25) is 10.0 Å². The molecule has 0 aromatic heterocycles. The van der Waals surface area contributed by atoms with Crippen LogP contribution in [-0.4, -0.2) is 38.1 Å². The van der Waals surface area contributed by atoms with E-state index in [0.717, 1.165) is 0 Å². The third-order valence-electron chi connectivity index (χ3n) is 3.56. The Kier molecular flexibility index (Phi) is 5.21. The van der Waals surface area contributed by atoms with Crippen LogP contribution in [0, 0.1) is 5.92 Å². The van der Waals surface area contributed by atoms with Crippen molar-refractivity contribution in [3.63, 3.8) is 0 Å². The van der Waals surface area contributed by atoms with Crippen molar-refractivity contribution in [3.8, 4) is 0 Å². The molecule has 5 heteroatoms. The van der Waals surface area contributed by atoms with Crippen molar-refractivity contribution in [3.05, 3.63) is 0 Å². The summed E-state index contributed by atoms with van der Waals surface area (Å²) < 4.78 is 25.8. The highest BCUT2D eigenvalue weighted by Gasteiger charge is 2.29. The summed E-state index contributed by atoms with van der Waals surface area (Å²) in [5.74, 6) is 0.551. The first-order valence-corrected chi connectivity index (χ1v) is 7.67. The topological polar surface area (TPSA) is 63.4 Å². The minimum Gasteiger partial charge on any atom is -0.329 e. The summed E-state index contributed by atoms with van der Waals surface area (Å²) in [7, 11) is -1.49.